The van der Waals surface area contributed by atoms with Gasteiger partial charge in [-0.3, -0.25) is 0 Å². The molecule has 2 heterocycles. The van der Waals surface area contributed by atoms with Gasteiger partial charge in [-0.05, 0) is 42.0 Å². The molecule has 2 aromatic carbocycles. The average Bonchev–Trinajstić information content (AvgIpc) is 3.31. The van der Waals surface area contributed by atoms with E-state index in [-0.39, 0.29) is 29.7 Å². The van der Waals surface area contributed by atoms with Gasteiger partial charge in [0.15, 0.2) is 9.84 Å². The van der Waals surface area contributed by atoms with Crippen LogP contribution in [0.1, 0.15) is 23.3 Å². The Labute approximate surface area is 260 Å². The highest BCUT2D eigenvalue weighted by molar-refractivity contribution is 7.90. The minimum Gasteiger partial charge on any atom is -0.489 e. The van der Waals surface area contributed by atoms with Gasteiger partial charge in [-0.25, -0.2) is 8.42 Å². The SMILES string of the molecule is COCCOc1cc(S(C)(=O)=O)ccc1NCC#Cc1sc2c(NC3CCN(CCOC)CC3)cccc2c1CC(F)(F)F. The van der Waals surface area contributed by atoms with Crippen LogP contribution >= 0.6 is 11.3 Å². The molecule has 44 heavy (non-hydrogen) atoms. The molecule has 0 radical (unpaired) electrons. The Bertz CT molecular complexity index is 1570. The second-order valence-electron chi connectivity index (χ2n) is 10.6. The zero-order valence-electron chi connectivity index (χ0n) is 25.1. The van der Waals surface area contributed by atoms with E-state index >= 15 is 0 Å². The normalized spacial score (nSPS) is 14.8. The zero-order valence-corrected chi connectivity index (χ0v) is 26.7. The molecule has 1 aromatic heterocycles. The predicted octanol–water partition coefficient (Wildman–Crippen LogP) is 5.42. The van der Waals surface area contributed by atoms with Crippen molar-refractivity contribution in [1.82, 2.24) is 4.90 Å². The molecule has 0 atom stereocenters. The minimum atomic E-state index is -4.39. The first-order valence-corrected chi connectivity index (χ1v) is 17.0. The average molecular weight is 654 g/mol. The topological polar surface area (TPSA) is 89.1 Å². The highest BCUT2D eigenvalue weighted by Crippen LogP contribution is 2.39. The van der Waals surface area contributed by atoms with Crippen LogP contribution in [-0.2, 0) is 25.7 Å². The molecule has 8 nitrogen and oxygen atoms in total. The number of hydrogen-bond donors (Lipinski definition) is 2. The minimum absolute atomic E-state index is 0.102. The third-order valence-electron chi connectivity index (χ3n) is 7.25. The van der Waals surface area contributed by atoms with E-state index in [9.17, 15) is 21.6 Å². The van der Waals surface area contributed by atoms with Crippen LogP contribution in [0.5, 0.6) is 5.75 Å². The Balaban J connectivity index is 1.54. The Morgan fingerprint density at radius 1 is 1.05 bits per heavy atom. The molecule has 2 N–H and O–H groups in total. The maximum atomic E-state index is 13.7. The first kappa shape index (κ1) is 33.9. The highest BCUT2D eigenvalue weighted by atomic mass is 32.2. The molecule has 0 saturated carbocycles. The number of piperidine rings is 1. The summed E-state index contributed by atoms with van der Waals surface area (Å²) in [6, 6.07) is 10.1. The molecule has 1 saturated heterocycles. The van der Waals surface area contributed by atoms with E-state index in [0.29, 0.717) is 34.9 Å². The summed E-state index contributed by atoms with van der Waals surface area (Å²) in [6.45, 7) is 4.05. The van der Waals surface area contributed by atoms with Crippen molar-refractivity contribution in [1.29, 1.82) is 0 Å². The van der Waals surface area contributed by atoms with Crippen LogP contribution in [-0.4, -0.2) is 92.0 Å². The third kappa shape index (κ3) is 9.49. The lowest BCUT2D eigenvalue weighted by molar-refractivity contribution is -0.126. The number of hydrogen-bond acceptors (Lipinski definition) is 9. The van der Waals surface area contributed by atoms with Gasteiger partial charge in [0.05, 0.1) is 52.0 Å². The Morgan fingerprint density at radius 2 is 1.80 bits per heavy atom. The monoisotopic (exact) mass is 653 g/mol. The maximum Gasteiger partial charge on any atom is 0.393 e. The van der Waals surface area contributed by atoms with Gasteiger partial charge in [0.2, 0.25) is 0 Å². The molecule has 0 unspecified atom stereocenters. The summed E-state index contributed by atoms with van der Waals surface area (Å²) in [5.41, 5.74) is 1.50. The summed E-state index contributed by atoms with van der Waals surface area (Å²) in [4.78, 5) is 2.82. The van der Waals surface area contributed by atoms with E-state index in [1.807, 2.05) is 6.07 Å². The van der Waals surface area contributed by atoms with Gasteiger partial charge in [0.25, 0.3) is 0 Å². The molecule has 240 valence electrons. The summed E-state index contributed by atoms with van der Waals surface area (Å²) >= 11 is 1.26. The van der Waals surface area contributed by atoms with Crippen LogP contribution in [0.15, 0.2) is 41.3 Å². The molecule has 1 fully saturated rings. The molecule has 4 rings (SSSR count). The second-order valence-corrected chi connectivity index (χ2v) is 13.6. The van der Waals surface area contributed by atoms with E-state index < -0.39 is 22.4 Å². The lowest BCUT2D eigenvalue weighted by atomic mass is 10.0. The number of benzene rings is 2. The van der Waals surface area contributed by atoms with Crippen LogP contribution in [0.3, 0.4) is 0 Å². The predicted molar refractivity (Wildman–Crippen MR) is 169 cm³/mol. The van der Waals surface area contributed by atoms with E-state index in [2.05, 4.69) is 27.4 Å². The van der Waals surface area contributed by atoms with Crippen molar-refractivity contribution in [2.45, 2.75) is 36.4 Å². The molecular formula is C31H38F3N3O5S2. The number of fused-ring (bicyclic) bond motifs is 1. The smallest absolute Gasteiger partial charge is 0.393 e. The summed E-state index contributed by atoms with van der Waals surface area (Å²) in [5, 5.41) is 7.23. The molecule has 3 aromatic rings. The number of alkyl halides is 3. The van der Waals surface area contributed by atoms with Crippen molar-refractivity contribution in [3.05, 3.63) is 46.8 Å². The van der Waals surface area contributed by atoms with Crippen molar-refractivity contribution in [3.8, 4) is 17.6 Å². The van der Waals surface area contributed by atoms with E-state index in [0.717, 1.165) is 49.1 Å². The zero-order chi connectivity index (χ0) is 31.7. The third-order valence-corrected chi connectivity index (χ3v) is 9.56. The van der Waals surface area contributed by atoms with Crippen molar-refractivity contribution in [3.63, 3.8) is 0 Å². The number of likely N-dealkylation sites (tertiary alicyclic amines) is 1. The van der Waals surface area contributed by atoms with Crippen molar-refractivity contribution in [2.24, 2.45) is 0 Å². The van der Waals surface area contributed by atoms with Gasteiger partial charge in [0.1, 0.15) is 12.4 Å². The number of halogens is 3. The fourth-order valence-electron chi connectivity index (χ4n) is 5.00. The summed E-state index contributed by atoms with van der Waals surface area (Å²) in [7, 11) is -0.238. The second kappa shape index (κ2) is 15.3. The number of ether oxygens (including phenoxy) is 3. The van der Waals surface area contributed by atoms with Gasteiger partial charge >= 0.3 is 6.18 Å². The van der Waals surface area contributed by atoms with Crippen molar-refractivity contribution in [2.75, 3.05) is 77.1 Å². The van der Waals surface area contributed by atoms with E-state index in [1.165, 1.54) is 30.6 Å². The lowest BCUT2D eigenvalue weighted by Gasteiger charge is -2.32. The summed E-state index contributed by atoms with van der Waals surface area (Å²) in [6.07, 6.45) is -2.49. The van der Waals surface area contributed by atoms with Crippen LogP contribution in [0, 0.1) is 11.8 Å². The first-order chi connectivity index (χ1) is 21.0. The number of methoxy groups -OCH3 is 2. The van der Waals surface area contributed by atoms with Gasteiger partial charge < -0.3 is 29.7 Å². The number of thiophene rings is 1. The maximum absolute atomic E-state index is 13.7. The Hall–Kier alpha value is -3.02. The van der Waals surface area contributed by atoms with Crippen LogP contribution in [0.4, 0.5) is 24.5 Å². The van der Waals surface area contributed by atoms with Crippen LogP contribution in [0.2, 0.25) is 0 Å². The quantitative estimate of drug-likeness (QED) is 0.187. The largest absolute Gasteiger partial charge is 0.489 e. The molecule has 0 aliphatic carbocycles. The number of anilines is 2. The van der Waals surface area contributed by atoms with Gasteiger partial charge in [-0.15, -0.1) is 11.3 Å². The van der Waals surface area contributed by atoms with Crippen LogP contribution < -0.4 is 15.4 Å². The molecule has 13 heteroatoms. The summed E-state index contributed by atoms with van der Waals surface area (Å²) in [5.74, 6) is 6.22. The van der Waals surface area contributed by atoms with Crippen molar-refractivity contribution < 1.29 is 35.8 Å². The lowest BCUT2D eigenvalue weighted by Crippen LogP contribution is -2.40. The van der Waals surface area contributed by atoms with E-state index in [4.69, 9.17) is 14.2 Å². The van der Waals surface area contributed by atoms with Crippen LogP contribution in [0.25, 0.3) is 10.1 Å². The van der Waals surface area contributed by atoms with Gasteiger partial charge in [-0.1, -0.05) is 24.0 Å². The molecule has 0 spiro atoms. The molecule has 0 bridgehead atoms. The number of nitrogens with zero attached hydrogens (tertiary/aromatic N) is 1. The van der Waals surface area contributed by atoms with Gasteiger partial charge in [0, 0.05) is 52.2 Å². The van der Waals surface area contributed by atoms with E-state index in [1.54, 1.807) is 25.3 Å². The molecule has 0 amide bonds. The Kier molecular flexibility index (Phi) is 11.8. The van der Waals surface area contributed by atoms with Gasteiger partial charge in [-0.2, -0.15) is 13.2 Å². The number of nitrogens with one attached hydrogen (secondary N) is 2. The number of sulfone groups is 1. The summed E-state index contributed by atoms with van der Waals surface area (Å²) < 4.78 is 81.7. The molecule has 1 aliphatic rings. The molecule has 1 aliphatic heterocycles. The number of rotatable bonds is 13. The molecular weight excluding hydrogens is 615 g/mol. The fourth-order valence-corrected chi connectivity index (χ4v) is 6.81. The Morgan fingerprint density at radius 3 is 2.48 bits per heavy atom. The fraction of sp³-hybridized carbons (Fsp3) is 0.484. The van der Waals surface area contributed by atoms with Crippen molar-refractivity contribution >= 4 is 42.6 Å². The first-order valence-electron chi connectivity index (χ1n) is 14.3. The standard InChI is InChI=1S/C31H38F3N3O5S2/c1-40-17-16-37-14-11-22(12-15-37)36-27-7-4-6-24-25(21-31(32,33)34)29(43-30(24)27)8-5-13-35-26-10-9-23(44(3,38)39)20-28(26)42-19-18-41-2/h4,6-7,9-10,20,22,35-36H,11-19,21H2,1-3H3. The highest BCUT2D eigenvalue weighted by Gasteiger charge is 2.31.